The van der Waals surface area contributed by atoms with E-state index in [0.717, 1.165) is 11.8 Å². The molecule has 4 atom stereocenters. The fourth-order valence-electron chi connectivity index (χ4n) is 8.68. The molecule has 186 valence electrons. The Labute approximate surface area is 213 Å². The van der Waals surface area contributed by atoms with Crippen LogP contribution in [-0.4, -0.2) is 22.5 Å². The van der Waals surface area contributed by atoms with Crippen LogP contribution in [0, 0.1) is 32.6 Å². The molecule has 2 nitrogen and oxygen atoms in total. The molecule has 2 aromatic rings. The van der Waals surface area contributed by atoms with Crippen molar-refractivity contribution >= 4 is 5.69 Å². The molecule has 2 saturated carbocycles. The molecule has 0 aromatic heterocycles. The Morgan fingerprint density at radius 2 is 1.29 bits per heavy atom. The van der Waals surface area contributed by atoms with Crippen LogP contribution in [0.2, 0.25) is 0 Å². The van der Waals surface area contributed by atoms with Crippen LogP contribution in [0.1, 0.15) is 93.1 Å². The summed E-state index contributed by atoms with van der Waals surface area (Å²) in [6, 6.07) is 17.0. The number of anilines is 1. The summed E-state index contributed by atoms with van der Waals surface area (Å²) in [4.78, 5) is 5.89. The molecule has 1 saturated heterocycles. The van der Waals surface area contributed by atoms with Gasteiger partial charge >= 0.3 is 0 Å². The van der Waals surface area contributed by atoms with E-state index in [1.807, 2.05) is 0 Å². The maximum atomic E-state index is 3.07. The Hall–Kier alpha value is -2.06. The van der Waals surface area contributed by atoms with Crippen LogP contribution in [0.15, 0.2) is 54.6 Å². The van der Waals surface area contributed by atoms with Gasteiger partial charge in [0.25, 0.3) is 0 Å². The van der Waals surface area contributed by atoms with Gasteiger partial charge in [-0.05, 0) is 93.5 Å². The van der Waals surface area contributed by atoms with Crippen LogP contribution >= 0.6 is 0 Å². The first-order valence-corrected chi connectivity index (χ1v) is 14.4. The Morgan fingerprint density at radius 1 is 0.714 bits per heavy atom. The number of hydrogen-bond donors (Lipinski definition) is 0. The van der Waals surface area contributed by atoms with Crippen LogP contribution < -0.4 is 4.90 Å². The summed E-state index contributed by atoms with van der Waals surface area (Å²) in [5.41, 5.74) is 7.44. The fraction of sp³-hybridized carbons (Fsp3) is 0.576. The monoisotopic (exact) mass is 468 g/mol. The first-order valence-electron chi connectivity index (χ1n) is 14.4. The summed E-state index contributed by atoms with van der Waals surface area (Å²) in [6.07, 6.45) is 18.4. The van der Waals surface area contributed by atoms with Crippen LogP contribution in [0.25, 0.3) is 0 Å². The fourth-order valence-corrected chi connectivity index (χ4v) is 8.68. The van der Waals surface area contributed by atoms with Crippen LogP contribution in [0.4, 0.5) is 5.69 Å². The lowest BCUT2D eigenvalue weighted by Crippen LogP contribution is -2.57. The zero-order valence-electron chi connectivity index (χ0n) is 22.3. The first-order chi connectivity index (χ1) is 17.0. The second-order valence-electron chi connectivity index (χ2n) is 12.1. The quantitative estimate of drug-likeness (QED) is 0.417. The second kappa shape index (κ2) is 9.11. The molecule has 2 heterocycles. The van der Waals surface area contributed by atoms with Crippen LogP contribution in [0.5, 0.6) is 0 Å². The molecule has 2 aromatic carbocycles. The molecule has 6 rings (SSSR count). The molecule has 3 fully saturated rings. The highest BCUT2D eigenvalue weighted by atomic mass is 15.5. The van der Waals surface area contributed by atoms with E-state index in [0.29, 0.717) is 12.1 Å². The molecule has 35 heavy (non-hydrogen) atoms. The molecule has 0 radical (unpaired) electrons. The van der Waals surface area contributed by atoms with Gasteiger partial charge in [-0.15, -0.1) is 0 Å². The third-order valence-electron chi connectivity index (χ3n) is 10.3. The second-order valence-corrected chi connectivity index (χ2v) is 12.1. The predicted octanol–water partition coefficient (Wildman–Crippen LogP) is 8.27. The molecular weight excluding hydrogens is 424 g/mol. The van der Waals surface area contributed by atoms with E-state index < -0.39 is 0 Å². The van der Waals surface area contributed by atoms with E-state index in [4.69, 9.17) is 0 Å². The summed E-state index contributed by atoms with van der Waals surface area (Å²) in [5, 5.41) is 0. The molecule has 2 heteroatoms. The van der Waals surface area contributed by atoms with Crippen molar-refractivity contribution in [1.29, 1.82) is 0 Å². The van der Waals surface area contributed by atoms with Gasteiger partial charge in [0, 0.05) is 17.3 Å². The first kappa shape index (κ1) is 23.3. The van der Waals surface area contributed by atoms with E-state index in [1.54, 1.807) is 5.56 Å². The highest BCUT2D eigenvalue weighted by Gasteiger charge is 2.61. The average Bonchev–Trinajstić information content (AvgIpc) is 3.59. The molecule has 0 spiro atoms. The van der Waals surface area contributed by atoms with E-state index in [1.165, 1.54) is 80.2 Å². The van der Waals surface area contributed by atoms with E-state index in [-0.39, 0.29) is 11.7 Å². The standard InChI is InChI=1S/C33H44N2/c1-23-13-8-11-20-29(23)34-26(4)30-21-22-33(28-18-9-10-19-28,27-16-6-5-7-17-27)35(30)32(34)31-24(2)14-12-15-25(31)3/h8,11-15,20-22,26-28,30,32H,5-7,9-10,16-19H2,1-4H3/t26-,30?,32?,33?/m0/s1. The van der Waals surface area contributed by atoms with Crippen LogP contribution in [0.3, 0.4) is 0 Å². The van der Waals surface area contributed by atoms with Gasteiger partial charge < -0.3 is 4.90 Å². The smallest absolute Gasteiger partial charge is 0.110 e. The van der Waals surface area contributed by atoms with Crippen molar-refractivity contribution in [2.75, 3.05) is 4.90 Å². The van der Waals surface area contributed by atoms with Gasteiger partial charge in [-0.2, -0.15) is 0 Å². The van der Waals surface area contributed by atoms with Gasteiger partial charge in [0.05, 0.1) is 6.04 Å². The van der Waals surface area contributed by atoms with E-state index >= 15 is 0 Å². The average molecular weight is 469 g/mol. The van der Waals surface area contributed by atoms with Gasteiger partial charge in [0.1, 0.15) is 6.17 Å². The number of hydrogen-bond acceptors (Lipinski definition) is 2. The third-order valence-corrected chi connectivity index (χ3v) is 10.3. The zero-order chi connectivity index (χ0) is 24.2. The minimum Gasteiger partial charge on any atom is -0.347 e. The molecular formula is C33H44N2. The maximum Gasteiger partial charge on any atom is 0.110 e. The number of rotatable bonds is 4. The van der Waals surface area contributed by atoms with Crippen molar-refractivity contribution in [1.82, 2.24) is 4.90 Å². The number of fused-ring (bicyclic) bond motifs is 1. The van der Waals surface area contributed by atoms with Crippen molar-refractivity contribution in [3.05, 3.63) is 76.9 Å². The lowest BCUT2D eigenvalue weighted by atomic mass is 9.66. The summed E-state index contributed by atoms with van der Waals surface area (Å²) in [5.74, 6) is 1.58. The molecule has 2 aliphatic carbocycles. The normalized spacial score (nSPS) is 32.0. The van der Waals surface area contributed by atoms with Gasteiger partial charge in [-0.25, -0.2) is 0 Å². The minimum absolute atomic E-state index is 0.201. The number of para-hydroxylation sites is 1. The van der Waals surface area contributed by atoms with Crippen molar-refractivity contribution in [3.8, 4) is 0 Å². The Morgan fingerprint density at radius 3 is 1.91 bits per heavy atom. The minimum atomic E-state index is 0.201. The molecule has 4 aliphatic rings. The van der Waals surface area contributed by atoms with E-state index in [2.05, 4.69) is 92.1 Å². The van der Waals surface area contributed by atoms with Crippen LogP contribution in [-0.2, 0) is 0 Å². The lowest BCUT2D eigenvalue weighted by molar-refractivity contribution is -0.00638. The van der Waals surface area contributed by atoms with Crippen molar-refractivity contribution in [2.24, 2.45) is 11.8 Å². The predicted molar refractivity (Wildman–Crippen MR) is 148 cm³/mol. The van der Waals surface area contributed by atoms with Gasteiger partial charge in [0.15, 0.2) is 0 Å². The molecule has 2 aliphatic heterocycles. The topological polar surface area (TPSA) is 6.48 Å². The Kier molecular flexibility index (Phi) is 6.08. The zero-order valence-corrected chi connectivity index (χ0v) is 22.3. The summed E-state index contributed by atoms with van der Waals surface area (Å²) in [7, 11) is 0. The number of nitrogens with zero attached hydrogens (tertiary/aromatic N) is 2. The highest BCUT2D eigenvalue weighted by Crippen LogP contribution is 2.58. The Balaban J connectivity index is 1.57. The maximum absolute atomic E-state index is 3.07. The lowest BCUT2D eigenvalue weighted by Gasteiger charge is -2.52. The number of aryl methyl sites for hydroxylation is 3. The van der Waals surface area contributed by atoms with Gasteiger partial charge in [-0.3, -0.25) is 4.90 Å². The highest BCUT2D eigenvalue weighted by molar-refractivity contribution is 5.60. The van der Waals surface area contributed by atoms with Crippen molar-refractivity contribution in [2.45, 2.75) is 109 Å². The summed E-state index contributed by atoms with van der Waals surface area (Å²) in [6.45, 7) is 9.48. The molecule has 0 bridgehead atoms. The molecule has 0 amide bonds. The molecule has 3 unspecified atom stereocenters. The summed E-state index contributed by atoms with van der Waals surface area (Å²) < 4.78 is 0. The van der Waals surface area contributed by atoms with E-state index in [9.17, 15) is 0 Å². The van der Waals surface area contributed by atoms with Crippen molar-refractivity contribution < 1.29 is 0 Å². The molecule has 0 N–H and O–H groups in total. The third kappa shape index (κ3) is 3.54. The summed E-state index contributed by atoms with van der Waals surface area (Å²) >= 11 is 0. The number of benzene rings is 2. The SMILES string of the molecule is Cc1ccccc1N1C(c2c(C)cccc2C)N2C(C=CC2(C2CCCCC2)C2CCCC2)[C@@H]1C. The van der Waals surface area contributed by atoms with Crippen molar-refractivity contribution in [3.63, 3.8) is 0 Å². The largest absolute Gasteiger partial charge is 0.347 e. The van der Waals surface area contributed by atoms with Gasteiger partial charge in [-0.1, -0.05) is 80.7 Å². The Bertz CT molecular complexity index is 1070. The van der Waals surface area contributed by atoms with Gasteiger partial charge in [0.2, 0.25) is 0 Å².